The van der Waals surface area contributed by atoms with Crippen LogP contribution in [0.1, 0.15) is 42.8 Å². The molecule has 0 saturated carbocycles. The van der Waals surface area contributed by atoms with E-state index in [2.05, 4.69) is 5.32 Å². The largest absolute Gasteiger partial charge is 0.349 e. The molecule has 1 aliphatic rings. The van der Waals surface area contributed by atoms with Crippen molar-refractivity contribution in [2.24, 2.45) is 0 Å². The highest BCUT2D eigenvalue weighted by molar-refractivity contribution is 7.89. The molecule has 0 radical (unpaired) electrons. The van der Waals surface area contributed by atoms with Crippen LogP contribution >= 0.6 is 11.3 Å². The van der Waals surface area contributed by atoms with E-state index >= 15 is 0 Å². The Morgan fingerprint density at radius 2 is 2.10 bits per heavy atom. The molecular weight excluding hydrogens is 296 g/mol. The van der Waals surface area contributed by atoms with Gasteiger partial charge >= 0.3 is 0 Å². The third kappa shape index (κ3) is 3.05. The maximum absolute atomic E-state index is 12.5. The first-order chi connectivity index (χ1) is 9.46. The minimum atomic E-state index is -3.53. The predicted molar refractivity (Wildman–Crippen MR) is 79.5 cm³/mol. The van der Waals surface area contributed by atoms with Crippen LogP contribution < -0.4 is 5.32 Å². The Morgan fingerprint density at radius 3 is 2.70 bits per heavy atom. The quantitative estimate of drug-likeness (QED) is 0.904. The van der Waals surface area contributed by atoms with Gasteiger partial charge in [0.05, 0.1) is 0 Å². The molecule has 1 aromatic heterocycles. The molecule has 20 heavy (non-hydrogen) atoms. The summed E-state index contributed by atoms with van der Waals surface area (Å²) < 4.78 is 26.5. The molecule has 1 fully saturated rings. The van der Waals surface area contributed by atoms with E-state index in [1.54, 1.807) is 5.38 Å². The highest BCUT2D eigenvalue weighted by Crippen LogP contribution is 2.27. The number of hydrogen-bond acceptors (Lipinski definition) is 4. The summed E-state index contributed by atoms with van der Waals surface area (Å²) in [4.78, 5) is 12.6. The molecule has 5 nitrogen and oxygen atoms in total. The third-order valence-electron chi connectivity index (χ3n) is 3.51. The predicted octanol–water partition coefficient (Wildman–Crippen LogP) is 2.06. The summed E-state index contributed by atoms with van der Waals surface area (Å²) >= 11 is 1.18. The van der Waals surface area contributed by atoms with E-state index in [0.29, 0.717) is 13.1 Å². The van der Waals surface area contributed by atoms with Gasteiger partial charge in [0, 0.05) is 19.1 Å². The standard InChI is InChI=1S/C13H20N2O3S2/c1-3-10(2)14-13(16)12-11(6-9-19-12)20(17,18)15-7-4-5-8-15/h6,9-10H,3-5,7-8H2,1-2H3,(H,14,16). The number of amides is 1. The maximum atomic E-state index is 12.5. The fourth-order valence-electron chi connectivity index (χ4n) is 2.13. The average Bonchev–Trinajstić information content (AvgIpc) is 3.09. The lowest BCUT2D eigenvalue weighted by atomic mass is 10.2. The van der Waals surface area contributed by atoms with Gasteiger partial charge in [-0.2, -0.15) is 4.31 Å². The zero-order valence-electron chi connectivity index (χ0n) is 11.8. The molecule has 1 aliphatic heterocycles. The smallest absolute Gasteiger partial charge is 0.262 e. The van der Waals surface area contributed by atoms with Gasteiger partial charge in [0.2, 0.25) is 10.0 Å². The van der Waals surface area contributed by atoms with Crippen LogP contribution in [0, 0.1) is 0 Å². The summed E-state index contributed by atoms with van der Waals surface area (Å²) in [5.74, 6) is -0.299. The van der Waals surface area contributed by atoms with Crippen molar-refractivity contribution in [2.45, 2.75) is 44.0 Å². The van der Waals surface area contributed by atoms with E-state index in [1.165, 1.54) is 21.7 Å². The molecule has 1 aromatic rings. The Hall–Kier alpha value is -0.920. The summed E-state index contributed by atoms with van der Waals surface area (Å²) in [6.45, 7) is 4.97. The number of nitrogens with zero attached hydrogens (tertiary/aromatic N) is 1. The average molecular weight is 316 g/mol. The van der Waals surface area contributed by atoms with Crippen molar-refractivity contribution in [1.29, 1.82) is 0 Å². The molecule has 1 N–H and O–H groups in total. The molecule has 1 unspecified atom stereocenters. The van der Waals surface area contributed by atoms with E-state index in [0.717, 1.165) is 19.3 Å². The summed E-state index contributed by atoms with van der Waals surface area (Å²) in [6.07, 6.45) is 2.58. The van der Waals surface area contributed by atoms with E-state index < -0.39 is 10.0 Å². The molecular formula is C13H20N2O3S2. The summed E-state index contributed by atoms with van der Waals surface area (Å²) in [6, 6.07) is 1.57. The zero-order chi connectivity index (χ0) is 14.8. The Bertz CT molecular complexity index is 574. The molecule has 0 bridgehead atoms. The minimum absolute atomic E-state index is 0.0342. The van der Waals surface area contributed by atoms with Crippen LogP contribution in [0.4, 0.5) is 0 Å². The second-order valence-corrected chi connectivity index (χ2v) is 7.83. The van der Waals surface area contributed by atoms with Crippen molar-refractivity contribution in [3.8, 4) is 0 Å². The van der Waals surface area contributed by atoms with Crippen LogP contribution in [0.5, 0.6) is 0 Å². The fourth-order valence-corrected chi connectivity index (χ4v) is 4.95. The van der Waals surface area contributed by atoms with E-state index in [9.17, 15) is 13.2 Å². The van der Waals surface area contributed by atoms with Crippen molar-refractivity contribution in [1.82, 2.24) is 9.62 Å². The van der Waals surface area contributed by atoms with E-state index in [1.807, 2.05) is 13.8 Å². The molecule has 0 aliphatic carbocycles. The van der Waals surface area contributed by atoms with Crippen LogP contribution in [0.25, 0.3) is 0 Å². The second kappa shape index (κ2) is 6.24. The molecule has 2 rings (SSSR count). The van der Waals surface area contributed by atoms with Gasteiger partial charge in [-0.25, -0.2) is 8.42 Å². The molecule has 0 aromatic carbocycles. The van der Waals surface area contributed by atoms with Crippen molar-refractivity contribution < 1.29 is 13.2 Å². The lowest BCUT2D eigenvalue weighted by Gasteiger charge is -2.16. The van der Waals surface area contributed by atoms with Gasteiger partial charge in [-0.3, -0.25) is 4.79 Å². The van der Waals surface area contributed by atoms with Gasteiger partial charge in [0.1, 0.15) is 9.77 Å². The Labute approximate surface area is 124 Å². The van der Waals surface area contributed by atoms with Crippen molar-refractivity contribution in [3.63, 3.8) is 0 Å². The Balaban J connectivity index is 2.26. The molecule has 0 spiro atoms. The molecule has 2 heterocycles. The lowest BCUT2D eigenvalue weighted by Crippen LogP contribution is -2.34. The van der Waals surface area contributed by atoms with Crippen LogP contribution in [0.15, 0.2) is 16.3 Å². The molecule has 1 saturated heterocycles. The Morgan fingerprint density at radius 1 is 1.45 bits per heavy atom. The zero-order valence-corrected chi connectivity index (χ0v) is 13.4. The van der Waals surface area contributed by atoms with E-state index in [-0.39, 0.29) is 21.7 Å². The van der Waals surface area contributed by atoms with Gasteiger partial charge in [0.15, 0.2) is 0 Å². The van der Waals surface area contributed by atoms with Crippen molar-refractivity contribution in [3.05, 3.63) is 16.3 Å². The number of thiophene rings is 1. The van der Waals surface area contributed by atoms with Crippen LogP contribution in [0.2, 0.25) is 0 Å². The normalized spacial score (nSPS) is 18.1. The summed E-state index contributed by atoms with van der Waals surface area (Å²) in [7, 11) is -3.53. The number of hydrogen-bond donors (Lipinski definition) is 1. The molecule has 1 atom stereocenters. The van der Waals surface area contributed by atoms with Crippen LogP contribution in [0.3, 0.4) is 0 Å². The van der Waals surface area contributed by atoms with Gasteiger partial charge in [-0.15, -0.1) is 11.3 Å². The molecule has 1 amide bonds. The first-order valence-electron chi connectivity index (χ1n) is 6.85. The van der Waals surface area contributed by atoms with Gasteiger partial charge in [0.25, 0.3) is 5.91 Å². The molecule has 7 heteroatoms. The topological polar surface area (TPSA) is 66.5 Å². The molecule has 112 valence electrons. The minimum Gasteiger partial charge on any atom is -0.349 e. The first kappa shape index (κ1) is 15.5. The number of sulfonamides is 1. The number of carbonyl (C=O) groups is 1. The van der Waals surface area contributed by atoms with E-state index in [4.69, 9.17) is 0 Å². The summed E-state index contributed by atoms with van der Waals surface area (Å²) in [5.41, 5.74) is 0. The highest BCUT2D eigenvalue weighted by Gasteiger charge is 2.31. The van der Waals surface area contributed by atoms with Crippen LogP contribution in [-0.2, 0) is 10.0 Å². The fraction of sp³-hybridized carbons (Fsp3) is 0.615. The number of rotatable bonds is 5. The van der Waals surface area contributed by atoms with Gasteiger partial charge in [-0.1, -0.05) is 6.92 Å². The number of nitrogens with one attached hydrogen (secondary N) is 1. The Kier molecular flexibility index (Phi) is 4.82. The first-order valence-corrected chi connectivity index (χ1v) is 9.17. The van der Waals surface area contributed by atoms with Crippen molar-refractivity contribution >= 4 is 27.3 Å². The van der Waals surface area contributed by atoms with Crippen molar-refractivity contribution in [2.75, 3.05) is 13.1 Å². The monoisotopic (exact) mass is 316 g/mol. The van der Waals surface area contributed by atoms with Gasteiger partial charge in [-0.05, 0) is 37.6 Å². The number of carbonyl (C=O) groups excluding carboxylic acids is 1. The highest BCUT2D eigenvalue weighted by atomic mass is 32.2. The van der Waals surface area contributed by atoms with Crippen LogP contribution in [-0.4, -0.2) is 37.8 Å². The maximum Gasteiger partial charge on any atom is 0.262 e. The third-order valence-corrected chi connectivity index (χ3v) is 6.49. The van der Waals surface area contributed by atoms with Gasteiger partial charge < -0.3 is 5.32 Å². The summed E-state index contributed by atoms with van der Waals surface area (Å²) in [5, 5.41) is 4.48. The SMILES string of the molecule is CCC(C)NC(=O)c1sccc1S(=O)(=O)N1CCCC1. The lowest BCUT2D eigenvalue weighted by molar-refractivity contribution is 0.0940. The second-order valence-electron chi connectivity index (χ2n) is 5.01.